The molecule has 0 radical (unpaired) electrons. The van der Waals surface area contributed by atoms with Gasteiger partial charge in [-0.15, -0.1) is 5.10 Å². The van der Waals surface area contributed by atoms with E-state index in [0.29, 0.717) is 12.1 Å². The van der Waals surface area contributed by atoms with Crippen LogP contribution in [0.4, 0.5) is 0 Å². The Labute approximate surface area is 129 Å². The molecule has 5 nitrogen and oxygen atoms in total. The van der Waals surface area contributed by atoms with Gasteiger partial charge >= 0.3 is 0 Å². The van der Waals surface area contributed by atoms with E-state index in [1.807, 2.05) is 11.7 Å². The van der Waals surface area contributed by atoms with Crippen LogP contribution in [0.15, 0.2) is 23.4 Å². The molecule has 1 aliphatic rings. The summed E-state index contributed by atoms with van der Waals surface area (Å²) in [6, 6.07) is 7.53. The number of hydrogen-bond acceptors (Lipinski definition) is 5. The molecule has 1 saturated carbocycles. The third-order valence-corrected chi connectivity index (χ3v) is 4.76. The van der Waals surface area contributed by atoms with Crippen LogP contribution in [0.25, 0.3) is 0 Å². The molecule has 0 amide bonds. The van der Waals surface area contributed by atoms with Gasteiger partial charge in [-0.2, -0.15) is 0 Å². The van der Waals surface area contributed by atoms with Crippen molar-refractivity contribution in [2.75, 3.05) is 12.8 Å². The third-order valence-electron chi connectivity index (χ3n) is 3.73. The Bertz CT molecular complexity index is 600. The van der Waals surface area contributed by atoms with Crippen molar-refractivity contribution in [2.45, 2.75) is 43.9 Å². The summed E-state index contributed by atoms with van der Waals surface area (Å²) in [6.45, 7) is 4.29. The Morgan fingerprint density at radius 1 is 1.29 bits per heavy atom. The molecule has 112 valence electrons. The summed E-state index contributed by atoms with van der Waals surface area (Å²) in [5.41, 5.74) is 3.93. The normalized spacial score (nSPS) is 16.1. The van der Waals surface area contributed by atoms with Crippen molar-refractivity contribution in [3.63, 3.8) is 0 Å². The number of thioether (sulfide) groups is 1. The first-order valence-electron chi connectivity index (χ1n) is 7.33. The Morgan fingerprint density at radius 2 is 2.00 bits per heavy atom. The van der Waals surface area contributed by atoms with Crippen LogP contribution in [0.5, 0.6) is 0 Å². The zero-order valence-corrected chi connectivity index (χ0v) is 13.5. The monoisotopic (exact) mass is 303 g/mol. The van der Waals surface area contributed by atoms with Gasteiger partial charge in [0.1, 0.15) is 0 Å². The first-order chi connectivity index (χ1) is 10.2. The highest BCUT2D eigenvalue weighted by molar-refractivity contribution is 7.99. The van der Waals surface area contributed by atoms with Crippen molar-refractivity contribution in [1.82, 2.24) is 25.5 Å². The number of nitrogens with zero attached hydrogens (tertiary/aromatic N) is 4. The molecule has 1 aliphatic carbocycles. The van der Waals surface area contributed by atoms with Crippen molar-refractivity contribution in [1.29, 1.82) is 0 Å². The molecule has 0 aliphatic heterocycles. The molecule has 1 aromatic heterocycles. The summed E-state index contributed by atoms with van der Waals surface area (Å²) in [4.78, 5) is 0. The van der Waals surface area contributed by atoms with Gasteiger partial charge in [0.2, 0.25) is 5.16 Å². The minimum atomic E-state index is 0.304. The number of rotatable bonds is 6. The van der Waals surface area contributed by atoms with Crippen LogP contribution < -0.4 is 5.32 Å². The fourth-order valence-electron chi connectivity index (χ4n) is 2.54. The van der Waals surface area contributed by atoms with Crippen LogP contribution in [0.2, 0.25) is 0 Å². The van der Waals surface area contributed by atoms with E-state index >= 15 is 0 Å². The number of nitrogens with one attached hydrogen (secondary N) is 1. The van der Waals surface area contributed by atoms with Gasteiger partial charge in [0.15, 0.2) is 0 Å². The average Bonchev–Trinajstić information content (AvgIpc) is 3.18. The first-order valence-corrected chi connectivity index (χ1v) is 8.32. The van der Waals surface area contributed by atoms with E-state index in [0.717, 1.165) is 10.9 Å². The predicted molar refractivity (Wildman–Crippen MR) is 84.5 cm³/mol. The van der Waals surface area contributed by atoms with Gasteiger partial charge in [0.25, 0.3) is 0 Å². The number of benzene rings is 1. The second-order valence-electron chi connectivity index (χ2n) is 5.71. The van der Waals surface area contributed by atoms with Crippen molar-refractivity contribution in [3.05, 3.63) is 34.9 Å². The van der Waals surface area contributed by atoms with Crippen molar-refractivity contribution >= 4 is 11.8 Å². The van der Waals surface area contributed by atoms with E-state index in [1.54, 1.807) is 11.8 Å². The second-order valence-corrected chi connectivity index (χ2v) is 6.70. The summed E-state index contributed by atoms with van der Waals surface area (Å²) >= 11 is 1.73. The molecule has 3 rings (SSSR count). The summed E-state index contributed by atoms with van der Waals surface area (Å²) in [6.07, 6.45) is 2.40. The topological polar surface area (TPSA) is 55.6 Å². The maximum Gasteiger partial charge on any atom is 0.209 e. The lowest BCUT2D eigenvalue weighted by molar-refractivity contribution is 0.564. The smallest absolute Gasteiger partial charge is 0.209 e. The van der Waals surface area contributed by atoms with Crippen LogP contribution in [-0.4, -0.2) is 33.0 Å². The van der Waals surface area contributed by atoms with Gasteiger partial charge in [0, 0.05) is 11.8 Å². The van der Waals surface area contributed by atoms with E-state index in [1.165, 1.54) is 29.5 Å². The van der Waals surface area contributed by atoms with Crippen molar-refractivity contribution < 1.29 is 0 Å². The highest BCUT2D eigenvalue weighted by atomic mass is 32.2. The number of aryl methyl sites for hydroxylation is 2. The van der Waals surface area contributed by atoms with Crippen molar-refractivity contribution in [2.24, 2.45) is 0 Å². The zero-order valence-electron chi connectivity index (χ0n) is 12.7. The molecular formula is C15H21N5S. The van der Waals surface area contributed by atoms with Gasteiger partial charge in [-0.05, 0) is 49.7 Å². The number of aromatic nitrogens is 4. The third kappa shape index (κ3) is 3.44. The van der Waals surface area contributed by atoms with Crippen LogP contribution in [0.3, 0.4) is 0 Å². The number of hydrogen-bond donors (Lipinski definition) is 1. The molecule has 1 unspecified atom stereocenters. The molecule has 1 aromatic carbocycles. The predicted octanol–water partition coefficient (Wildman–Crippen LogP) is 2.68. The molecule has 2 aromatic rings. The fourth-order valence-corrected chi connectivity index (χ4v) is 3.63. The van der Waals surface area contributed by atoms with Crippen LogP contribution in [-0.2, 0) is 0 Å². The van der Waals surface area contributed by atoms with E-state index in [9.17, 15) is 0 Å². The molecule has 6 heteroatoms. The lowest BCUT2D eigenvalue weighted by Crippen LogP contribution is -2.19. The van der Waals surface area contributed by atoms with Crippen LogP contribution in [0, 0.1) is 13.8 Å². The maximum absolute atomic E-state index is 4.15. The summed E-state index contributed by atoms with van der Waals surface area (Å²) in [7, 11) is 2.01. The summed E-state index contributed by atoms with van der Waals surface area (Å²) in [5.74, 6) is 0.923. The molecular weight excluding hydrogens is 282 g/mol. The fraction of sp³-hybridized carbons (Fsp3) is 0.533. The minimum absolute atomic E-state index is 0.304. The van der Waals surface area contributed by atoms with Gasteiger partial charge < -0.3 is 5.32 Å². The van der Waals surface area contributed by atoms with Crippen LogP contribution in [0.1, 0.15) is 41.6 Å². The molecule has 1 heterocycles. The highest BCUT2D eigenvalue weighted by Gasteiger charge is 2.28. The Kier molecular flexibility index (Phi) is 4.26. The van der Waals surface area contributed by atoms with Gasteiger partial charge in [-0.3, -0.25) is 0 Å². The van der Waals surface area contributed by atoms with Crippen molar-refractivity contribution in [3.8, 4) is 0 Å². The molecule has 0 bridgehead atoms. The van der Waals surface area contributed by atoms with Gasteiger partial charge in [-0.25, -0.2) is 4.68 Å². The standard InChI is InChI=1S/C15H21N5S/c1-10-6-11(2)8-12(7-10)14(16-3)9-21-15-17-18-19-20(15)13-4-5-13/h6-8,13-14,16H,4-5,9H2,1-3H3. The quantitative estimate of drug-likeness (QED) is 0.832. The van der Waals surface area contributed by atoms with E-state index in [4.69, 9.17) is 0 Å². The van der Waals surface area contributed by atoms with E-state index in [-0.39, 0.29) is 0 Å². The van der Waals surface area contributed by atoms with Gasteiger partial charge in [0.05, 0.1) is 6.04 Å². The van der Waals surface area contributed by atoms with E-state index in [2.05, 4.69) is 52.9 Å². The molecule has 0 spiro atoms. The molecule has 1 N–H and O–H groups in total. The first kappa shape index (κ1) is 14.5. The zero-order chi connectivity index (χ0) is 14.8. The lowest BCUT2D eigenvalue weighted by atomic mass is 10.0. The summed E-state index contributed by atoms with van der Waals surface area (Å²) < 4.78 is 1.97. The van der Waals surface area contributed by atoms with E-state index < -0.39 is 0 Å². The minimum Gasteiger partial charge on any atom is -0.312 e. The molecule has 0 saturated heterocycles. The Balaban J connectivity index is 1.70. The number of tetrazole rings is 1. The Morgan fingerprint density at radius 3 is 2.62 bits per heavy atom. The molecule has 1 fully saturated rings. The largest absolute Gasteiger partial charge is 0.312 e. The SMILES string of the molecule is CNC(CSc1nnnn1C1CC1)c1cc(C)cc(C)c1. The Hall–Kier alpha value is -1.40. The van der Waals surface area contributed by atoms with Crippen LogP contribution >= 0.6 is 11.8 Å². The lowest BCUT2D eigenvalue weighted by Gasteiger charge is -2.17. The summed E-state index contributed by atoms with van der Waals surface area (Å²) in [5, 5.41) is 16.4. The maximum atomic E-state index is 4.15. The highest BCUT2D eigenvalue weighted by Crippen LogP contribution is 2.37. The second kappa shape index (κ2) is 6.15. The van der Waals surface area contributed by atoms with Gasteiger partial charge in [-0.1, -0.05) is 41.1 Å². The molecule has 1 atom stereocenters. The molecule has 21 heavy (non-hydrogen) atoms. The average molecular weight is 303 g/mol.